The van der Waals surface area contributed by atoms with Gasteiger partial charge in [-0.15, -0.1) is 0 Å². The fourth-order valence-electron chi connectivity index (χ4n) is 3.35. The molecule has 3 heterocycles. The van der Waals surface area contributed by atoms with E-state index in [1.807, 2.05) is 38.3 Å². The van der Waals surface area contributed by atoms with Gasteiger partial charge in [-0.2, -0.15) is 4.98 Å². The van der Waals surface area contributed by atoms with Gasteiger partial charge in [0.15, 0.2) is 11.2 Å². The maximum Gasteiger partial charge on any atom is 0.332 e. The highest BCUT2D eigenvalue weighted by atomic mass is 16.2. The van der Waals surface area contributed by atoms with Crippen molar-refractivity contribution in [3.05, 3.63) is 44.1 Å². The number of anilines is 1. The minimum absolute atomic E-state index is 0.264. The lowest BCUT2D eigenvalue weighted by Gasteiger charge is -2.28. The fraction of sp³-hybridized carbons (Fsp3) is 0.550. The first-order valence-corrected chi connectivity index (χ1v) is 9.73. The molecule has 0 bridgehead atoms. The van der Waals surface area contributed by atoms with Gasteiger partial charge in [0.05, 0.1) is 0 Å². The van der Waals surface area contributed by atoms with Crippen molar-refractivity contribution in [2.45, 2.75) is 40.8 Å². The van der Waals surface area contributed by atoms with Crippen LogP contribution in [-0.4, -0.2) is 44.9 Å². The summed E-state index contributed by atoms with van der Waals surface area (Å²) in [5, 5.41) is 3.34. The third-order valence-electron chi connectivity index (χ3n) is 4.98. The van der Waals surface area contributed by atoms with Crippen LogP contribution in [0.25, 0.3) is 11.2 Å². The SMILES string of the molecule is CC(C)=CCn1c(=O)c2c(nc(N3CCNCC3)n2CC=C(C)C)n(C)c1=O. The third kappa shape index (κ3) is 3.82. The Labute approximate surface area is 164 Å². The second kappa shape index (κ2) is 8.18. The van der Waals surface area contributed by atoms with E-state index in [0.717, 1.165) is 37.7 Å². The molecule has 2 aromatic rings. The van der Waals surface area contributed by atoms with Crippen molar-refractivity contribution in [1.82, 2.24) is 24.0 Å². The molecule has 0 saturated carbocycles. The van der Waals surface area contributed by atoms with E-state index >= 15 is 0 Å². The van der Waals surface area contributed by atoms with Crippen LogP contribution in [0.15, 0.2) is 32.9 Å². The molecule has 2 aromatic heterocycles. The standard InChI is InChI=1S/C20H30N6O2/c1-14(2)6-10-25-16-17(22-19(25)24-12-8-21-9-13-24)23(5)20(28)26(18(16)27)11-7-15(3)4/h6-7,21H,8-13H2,1-5H3. The van der Waals surface area contributed by atoms with Crippen molar-refractivity contribution in [1.29, 1.82) is 0 Å². The molecule has 0 radical (unpaired) electrons. The Bertz CT molecular complexity index is 1040. The quantitative estimate of drug-likeness (QED) is 0.783. The number of fused-ring (bicyclic) bond motifs is 1. The van der Waals surface area contributed by atoms with E-state index < -0.39 is 0 Å². The summed E-state index contributed by atoms with van der Waals surface area (Å²) < 4.78 is 4.73. The minimum atomic E-state index is -0.339. The number of nitrogens with one attached hydrogen (secondary N) is 1. The topological polar surface area (TPSA) is 77.1 Å². The van der Waals surface area contributed by atoms with Crippen molar-refractivity contribution < 1.29 is 0 Å². The molecule has 0 aliphatic carbocycles. The van der Waals surface area contributed by atoms with Crippen LogP contribution >= 0.6 is 0 Å². The Kier molecular flexibility index (Phi) is 5.88. The van der Waals surface area contributed by atoms with Gasteiger partial charge >= 0.3 is 5.69 Å². The highest BCUT2D eigenvalue weighted by molar-refractivity contribution is 5.74. The maximum atomic E-state index is 13.3. The van der Waals surface area contributed by atoms with E-state index in [1.165, 1.54) is 14.7 Å². The van der Waals surface area contributed by atoms with E-state index in [1.54, 1.807) is 7.05 Å². The smallest absolute Gasteiger partial charge is 0.332 e. The normalized spacial score (nSPS) is 14.4. The van der Waals surface area contributed by atoms with E-state index in [9.17, 15) is 9.59 Å². The molecule has 0 unspecified atom stereocenters. The predicted molar refractivity (Wildman–Crippen MR) is 113 cm³/mol. The van der Waals surface area contributed by atoms with E-state index in [0.29, 0.717) is 17.7 Å². The van der Waals surface area contributed by atoms with Gasteiger partial charge in [0.25, 0.3) is 5.56 Å². The molecule has 8 heteroatoms. The van der Waals surface area contributed by atoms with Gasteiger partial charge in [-0.1, -0.05) is 23.3 Å². The molecule has 0 spiro atoms. The van der Waals surface area contributed by atoms with E-state index in [2.05, 4.69) is 16.3 Å². The number of aromatic nitrogens is 4. The molecule has 8 nitrogen and oxygen atoms in total. The molecule has 1 saturated heterocycles. The van der Waals surface area contributed by atoms with Crippen LogP contribution in [-0.2, 0) is 20.1 Å². The number of piperazine rings is 1. The lowest BCUT2D eigenvalue weighted by atomic mass is 10.3. The van der Waals surface area contributed by atoms with Gasteiger partial charge in [-0.05, 0) is 27.7 Å². The average Bonchev–Trinajstić information content (AvgIpc) is 3.05. The highest BCUT2D eigenvalue weighted by Crippen LogP contribution is 2.20. The first-order valence-electron chi connectivity index (χ1n) is 9.73. The molecule has 1 N–H and O–H groups in total. The van der Waals surface area contributed by atoms with Gasteiger partial charge in [-0.25, -0.2) is 4.79 Å². The zero-order valence-electron chi connectivity index (χ0n) is 17.4. The Hall–Kier alpha value is -2.61. The fourth-order valence-corrected chi connectivity index (χ4v) is 3.35. The molecule has 3 rings (SSSR count). The lowest BCUT2D eigenvalue weighted by molar-refractivity contribution is 0.572. The molecule has 1 aliphatic heterocycles. The molecular weight excluding hydrogens is 356 g/mol. The van der Waals surface area contributed by atoms with Crippen LogP contribution in [0.3, 0.4) is 0 Å². The first-order chi connectivity index (χ1) is 13.3. The van der Waals surface area contributed by atoms with Crippen LogP contribution in [0, 0.1) is 0 Å². The number of allylic oxidation sites excluding steroid dienone is 4. The average molecular weight is 387 g/mol. The van der Waals surface area contributed by atoms with Crippen molar-refractivity contribution >= 4 is 17.1 Å². The lowest BCUT2D eigenvalue weighted by Crippen LogP contribution is -2.44. The number of hydrogen-bond donors (Lipinski definition) is 1. The van der Waals surface area contributed by atoms with Crippen LogP contribution in [0.2, 0.25) is 0 Å². The summed E-state index contributed by atoms with van der Waals surface area (Å²) in [5.74, 6) is 0.751. The van der Waals surface area contributed by atoms with Crippen LogP contribution < -0.4 is 21.5 Å². The molecule has 0 atom stereocenters. The summed E-state index contributed by atoms with van der Waals surface area (Å²) in [6.45, 7) is 12.2. The van der Waals surface area contributed by atoms with Gasteiger partial charge in [0.2, 0.25) is 5.95 Å². The number of aryl methyl sites for hydroxylation is 1. The highest BCUT2D eigenvalue weighted by Gasteiger charge is 2.23. The van der Waals surface area contributed by atoms with Crippen molar-refractivity contribution in [3.8, 4) is 0 Å². The molecular formula is C20H30N6O2. The second-order valence-corrected chi connectivity index (χ2v) is 7.75. The number of nitrogens with zero attached hydrogens (tertiary/aromatic N) is 5. The summed E-state index contributed by atoms with van der Waals surface area (Å²) in [5.41, 5.74) is 2.53. The monoisotopic (exact) mass is 386 g/mol. The molecule has 28 heavy (non-hydrogen) atoms. The first kappa shape index (κ1) is 20.1. The Morgan fingerprint density at radius 1 is 1.00 bits per heavy atom. The van der Waals surface area contributed by atoms with Crippen molar-refractivity contribution in [2.75, 3.05) is 31.1 Å². The van der Waals surface area contributed by atoms with Gasteiger partial charge in [-0.3, -0.25) is 13.9 Å². The van der Waals surface area contributed by atoms with Crippen LogP contribution in [0.1, 0.15) is 27.7 Å². The zero-order valence-corrected chi connectivity index (χ0v) is 17.4. The third-order valence-corrected chi connectivity index (χ3v) is 4.98. The maximum absolute atomic E-state index is 13.3. The molecule has 1 aliphatic rings. The molecule has 0 amide bonds. The zero-order chi connectivity index (χ0) is 20.4. The van der Waals surface area contributed by atoms with Gasteiger partial charge in [0, 0.05) is 46.3 Å². The largest absolute Gasteiger partial charge is 0.340 e. The van der Waals surface area contributed by atoms with Crippen LogP contribution in [0.4, 0.5) is 5.95 Å². The van der Waals surface area contributed by atoms with Crippen LogP contribution in [0.5, 0.6) is 0 Å². The minimum Gasteiger partial charge on any atom is -0.340 e. The summed E-state index contributed by atoms with van der Waals surface area (Å²) in [4.78, 5) is 33.0. The Morgan fingerprint density at radius 3 is 2.14 bits per heavy atom. The predicted octanol–water partition coefficient (Wildman–Crippen LogP) is 1.24. The van der Waals surface area contributed by atoms with E-state index in [-0.39, 0.29) is 17.8 Å². The molecule has 1 fully saturated rings. The summed E-state index contributed by atoms with van der Waals surface area (Å²) in [7, 11) is 1.68. The summed E-state index contributed by atoms with van der Waals surface area (Å²) >= 11 is 0. The molecule has 152 valence electrons. The number of hydrogen-bond acceptors (Lipinski definition) is 5. The second-order valence-electron chi connectivity index (χ2n) is 7.75. The van der Waals surface area contributed by atoms with Crippen molar-refractivity contribution in [2.24, 2.45) is 7.05 Å². The molecule has 0 aromatic carbocycles. The van der Waals surface area contributed by atoms with E-state index in [4.69, 9.17) is 4.98 Å². The van der Waals surface area contributed by atoms with Gasteiger partial charge < -0.3 is 14.8 Å². The number of rotatable bonds is 5. The Balaban J connectivity index is 2.28. The Morgan fingerprint density at radius 2 is 1.57 bits per heavy atom. The number of imidazole rings is 1. The summed E-state index contributed by atoms with van der Waals surface area (Å²) in [6.07, 6.45) is 3.97. The summed E-state index contributed by atoms with van der Waals surface area (Å²) in [6, 6.07) is 0. The van der Waals surface area contributed by atoms with Crippen molar-refractivity contribution in [3.63, 3.8) is 0 Å². The van der Waals surface area contributed by atoms with Gasteiger partial charge in [0.1, 0.15) is 0 Å².